The average molecular weight is 489 g/mol. The average Bonchev–Trinajstić information content (AvgIpc) is 3.34. The summed E-state index contributed by atoms with van der Waals surface area (Å²) in [6, 6.07) is 14.3. The number of hydrogen-bond donors (Lipinski definition) is 2. The Morgan fingerprint density at radius 3 is 2.56 bits per heavy atom. The molecule has 8 heteroatoms. The Kier molecular flexibility index (Phi) is 5.98. The molecule has 36 heavy (non-hydrogen) atoms. The van der Waals surface area contributed by atoms with E-state index in [2.05, 4.69) is 10.3 Å². The zero-order valence-electron chi connectivity index (χ0n) is 21.1. The molecule has 0 spiro atoms. The van der Waals surface area contributed by atoms with Gasteiger partial charge in [-0.3, -0.25) is 9.59 Å². The number of rotatable bonds is 7. The summed E-state index contributed by atoms with van der Waals surface area (Å²) in [5.74, 6) is -0.146. The van der Waals surface area contributed by atoms with Gasteiger partial charge in [0.05, 0.1) is 12.8 Å². The number of nitrogens with zero attached hydrogens (tertiary/aromatic N) is 2. The normalized spacial score (nSPS) is 20.0. The maximum Gasteiger partial charge on any atom is 0.328 e. The lowest BCUT2D eigenvalue weighted by Gasteiger charge is -2.36. The van der Waals surface area contributed by atoms with Gasteiger partial charge in [0.2, 0.25) is 5.91 Å². The third-order valence-corrected chi connectivity index (χ3v) is 7.55. The third-order valence-electron chi connectivity index (χ3n) is 7.55. The van der Waals surface area contributed by atoms with Crippen LogP contribution in [0.25, 0.3) is 10.9 Å². The smallest absolute Gasteiger partial charge is 0.328 e. The molecular weight excluding hydrogens is 456 g/mol. The molecule has 0 bridgehead atoms. The van der Waals surface area contributed by atoms with Gasteiger partial charge in [0, 0.05) is 24.0 Å². The van der Waals surface area contributed by atoms with Crippen LogP contribution in [0.2, 0.25) is 0 Å². The molecule has 2 atom stereocenters. The number of hydrogen-bond acceptors (Lipinski definition) is 4. The molecule has 1 aromatic heterocycles. The Labute approximate surface area is 210 Å². The molecule has 3 aromatic rings. The number of aromatic nitrogens is 1. The number of para-hydroxylation sites is 1. The van der Waals surface area contributed by atoms with Crippen LogP contribution in [0.4, 0.5) is 4.79 Å². The maximum absolute atomic E-state index is 14.0. The Morgan fingerprint density at radius 1 is 1.14 bits per heavy atom. The molecule has 8 nitrogen and oxygen atoms in total. The maximum atomic E-state index is 14.0. The van der Waals surface area contributed by atoms with Gasteiger partial charge in [-0.15, -0.1) is 0 Å². The summed E-state index contributed by atoms with van der Waals surface area (Å²) in [7, 11) is 1.62. The lowest BCUT2D eigenvalue weighted by molar-refractivity contribution is -0.140. The molecular formula is C28H32N4O4. The second-order valence-corrected chi connectivity index (χ2v) is 10.0. The second kappa shape index (κ2) is 9.00. The number of imide groups is 1. The molecule has 0 radical (unpaired) electrons. The number of carbonyl (C=O) groups is 3. The summed E-state index contributed by atoms with van der Waals surface area (Å²) in [4.78, 5) is 47.1. The summed E-state index contributed by atoms with van der Waals surface area (Å²) >= 11 is 0. The quantitative estimate of drug-likeness (QED) is 0.497. The van der Waals surface area contributed by atoms with Crippen molar-refractivity contribution in [3.05, 3.63) is 65.4 Å². The first kappa shape index (κ1) is 23.9. The summed E-state index contributed by atoms with van der Waals surface area (Å²) in [6.07, 6.45) is 1.28. The first-order valence-corrected chi connectivity index (χ1v) is 12.4. The largest absolute Gasteiger partial charge is 0.497 e. The number of benzene rings is 2. The van der Waals surface area contributed by atoms with E-state index in [1.807, 2.05) is 62.4 Å². The van der Waals surface area contributed by atoms with Gasteiger partial charge in [-0.25, -0.2) is 9.69 Å². The topological polar surface area (TPSA) is 94.7 Å². The fourth-order valence-electron chi connectivity index (χ4n) is 5.61. The molecule has 4 amide bonds. The summed E-state index contributed by atoms with van der Waals surface area (Å²) < 4.78 is 5.19. The van der Waals surface area contributed by atoms with Crippen LogP contribution < -0.4 is 10.1 Å². The highest BCUT2D eigenvalue weighted by Gasteiger charge is 2.61. The van der Waals surface area contributed by atoms with E-state index in [0.29, 0.717) is 25.9 Å². The van der Waals surface area contributed by atoms with Gasteiger partial charge < -0.3 is 19.9 Å². The highest BCUT2D eigenvalue weighted by atomic mass is 16.5. The van der Waals surface area contributed by atoms with Gasteiger partial charge >= 0.3 is 6.03 Å². The lowest BCUT2D eigenvalue weighted by Crippen LogP contribution is -2.53. The van der Waals surface area contributed by atoms with Crippen molar-refractivity contribution in [2.75, 3.05) is 20.2 Å². The van der Waals surface area contributed by atoms with Crippen LogP contribution in [-0.2, 0) is 28.0 Å². The van der Waals surface area contributed by atoms with Gasteiger partial charge in [0.15, 0.2) is 5.54 Å². The number of nitrogens with one attached hydrogen (secondary N) is 2. The SMILES string of the molecule is COc1ccc(CCNC(=O)[C@H](C(C)C)N2C(=O)N3CCc4c([nH]c5ccccc45)[C@@]3(C)C2=O)cc1. The van der Waals surface area contributed by atoms with Crippen LogP contribution in [0.15, 0.2) is 48.5 Å². The Balaban J connectivity index is 1.38. The number of fused-ring (bicyclic) bond motifs is 5. The molecule has 2 aliphatic heterocycles. The van der Waals surface area contributed by atoms with Crippen LogP contribution in [0.5, 0.6) is 5.75 Å². The molecule has 0 saturated carbocycles. The molecule has 2 aliphatic rings. The fourth-order valence-corrected chi connectivity index (χ4v) is 5.61. The van der Waals surface area contributed by atoms with Crippen LogP contribution in [0, 0.1) is 5.92 Å². The summed E-state index contributed by atoms with van der Waals surface area (Å²) in [5, 5.41) is 4.02. The van der Waals surface area contributed by atoms with E-state index in [4.69, 9.17) is 4.74 Å². The number of carbonyl (C=O) groups excluding carboxylic acids is 3. The first-order chi connectivity index (χ1) is 17.3. The first-order valence-electron chi connectivity index (χ1n) is 12.4. The minimum Gasteiger partial charge on any atom is -0.497 e. The number of ether oxygens (including phenoxy) is 1. The lowest BCUT2D eigenvalue weighted by atomic mass is 9.86. The third kappa shape index (κ3) is 3.63. The fraction of sp³-hybridized carbons (Fsp3) is 0.393. The van der Waals surface area contributed by atoms with E-state index < -0.39 is 17.6 Å². The van der Waals surface area contributed by atoms with Crippen molar-refractivity contribution in [3.8, 4) is 5.75 Å². The Morgan fingerprint density at radius 2 is 1.86 bits per heavy atom. The molecule has 1 fully saturated rings. The van der Waals surface area contributed by atoms with Crippen molar-refractivity contribution in [1.82, 2.24) is 20.1 Å². The molecule has 2 N–H and O–H groups in total. The van der Waals surface area contributed by atoms with Crippen molar-refractivity contribution in [2.24, 2.45) is 5.92 Å². The van der Waals surface area contributed by atoms with E-state index in [0.717, 1.165) is 33.5 Å². The molecule has 1 saturated heterocycles. The van der Waals surface area contributed by atoms with Gasteiger partial charge in [-0.05, 0) is 55.0 Å². The van der Waals surface area contributed by atoms with Gasteiger partial charge in [0.1, 0.15) is 11.8 Å². The molecule has 0 aliphatic carbocycles. The molecule has 0 unspecified atom stereocenters. The van der Waals surface area contributed by atoms with E-state index in [-0.39, 0.29) is 17.7 Å². The van der Waals surface area contributed by atoms with Gasteiger partial charge in [0.25, 0.3) is 5.91 Å². The monoisotopic (exact) mass is 488 g/mol. The van der Waals surface area contributed by atoms with Crippen molar-refractivity contribution < 1.29 is 19.1 Å². The number of urea groups is 1. The highest BCUT2D eigenvalue weighted by Crippen LogP contribution is 2.45. The Bertz CT molecular complexity index is 1330. The number of amides is 4. The van der Waals surface area contributed by atoms with Crippen molar-refractivity contribution >= 4 is 28.7 Å². The number of H-pyrrole nitrogens is 1. The minimum absolute atomic E-state index is 0.244. The van der Waals surface area contributed by atoms with E-state index >= 15 is 0 Å². The second-order valence-electron chi connectivity index (χ2n) is 10.0. The number of aromatic amines is 1. The van der Waals surface area contributed by atoms with E-state index in [1.54, 1.807) is 18.9 Å². The van der Waals surface area contributed by atoms with Gasteiger partial charge in [-0.1, -0.05) is 44.2 Å². The zero-order chi connectivity index (χ0) is 25.6. The molecule has 3 heterocycles. The van der Waals surface area contributed by atoms with Crippen LogP contribution in [0.1, 0.15) is 37.6 Å². The van der Waals surface area contributed by atoms with Crippen molar-refractivity contribution in [3.63, 3.8) is 0 Å². The predicted molar refractivity (Wildman–Crippen MR) is 137 cm³/mol. The van der Waals surface area contributed by atoms with Crippen LogP contribution in [0.3, 0.4) is 0 Å². The van der Waals surface area contributed by atoms with E-state index in [9.17, 15) is 14.4 Å². The summed E-state index contributed by atoms with van der Waals surface area (Å²) in [6.45, 7) is 6.35. The van der Waals surface area contributed by atoms with Crippen LogP contribution in [-0.4, -0.2) is 58.9 Å². The molecule has 5 rings (SSSR count). The minimum atomic E-state index is -1.17. The predicted octanol–water partition coefficient (Wildman–Crippen LogP) is 3.60. The van der Waals surface area contributed by atoms with E-state index in [1.165, 1.54) is 4.90 Å². The molecule has 2 aromatic carbocycles. The summed E-state index contributed by atoms with van der Waals surface area (Å²) in [5.41, 5.74) is 2.65. The van der Waals surface area contributed by atoms with Gasteiger partial charge in [-0.2, -0.15) is 0 Å². The van der Waals surface area contributed by atoms with Crippen molar-refractivity contribution in [2.45, 2.75) is 45.2 Å². The highest BCUT2D eigenvalue weighted by molar-refractivity contribution is 6.11. The zero-order valence-corrected chi connectivity index (χ0v) is 21.1. The number of methoxy groups -OCH3 is 1. The van der Waals surface area contributed by atoms with Crippen LogP contribution >= 0.6 is 0 Å². The standard InChI is InChI=1S/C28H32N4O4/c1-17(2)23(25(33)29-15-13-18-9-11-19(36-4)12-10-18)32-26(34)28(3)24-21(14-16-31(28)27(32)35)20-7-5-6-8-22(20)30-24/h5-12,17,23,30H,13-16H2,1-4H3,(H,29,33)/t23-,28-/m0/s1. The van der Waals surface area contributed by atoms with Crippen molar-refractivity contribution in [1.29, 1.82) is 0 Å². The molecule has 188 valence electrons. The Hall–Kier alpha value is -3.81.